The zero-order valence-corrected chi connectivity index (χ0v) is 10.4. The van der Waals surface area contributed by atoms with Crippen molar-refractivity contribution >= 4 is 11.7 Å². The van der Waals surface area contributed by atoms with Gasteiger partial charge in [0.15, 0.2) is 0 Å². The average molecular weight is 248 g/mol. The Hall–Kier alpha value is -1.62. The second kappa shape index (κ2) is 5.82. The number of aromatic nitrogens is 1. The van der Waals surface area contributed by atoms with Gasteiger partial charge in [-0.1, -0.05) is 6.42 Å². The zero-order valence-electron chi connectivity index (χ0n) is 10.4. The predicted octanol–water partition coefficient (Wildman–Crippen LogP) is 1.11. The minimum atomic E-state index is -0.452. The number of nitrogens with two attached hydrogens (primary N) is 2. The summed E-state index contributed by atoms with van der Waals surface area (Å²) in [6.45, 7) is 0.886. The summed E-state index contributed by atoms with van der Waals surface area (Å²) in [6, 6.07) is 3.81. The monoisotopic (exact) mass is 248 g/mol. The van der Waals surface area contributed by atoms with Gasteiger partial charge < -0.3 is 16.8 Å². The number of amides is 1. The minimum Gasteiger partial charge on any atom is -0.370 e. The molecule has 0 saturated heterocycles. The van der Waals surface area contributed by atoms with Crippen LogP contribution in [0.5, 0.6) is 0 Å². The lowest BCUT2D eigenvalue weighted by molar-refractivity contribution is 0.1000. The van der Waals surface area contributed by atoms with Gasteiger partial charge in [0.05, 0.1) is 5.56 Å². The number of rotatable bonds is 4. The van der Waals surface area contributed by atoms with Crippen molar-refractivity contribution in [2.45, 2.75) is 31.7 Å². The highest BCUT2D eigenvalue weighted by atomic mass is 16.1. The molecule has 1 aromatic rings. The molecule has 0 aromatic carbocycles. The minimum absolute atomic E-state index is 0.343. The van der Waals surface area contributed by atoms with Crippen LogP contribution >= 0.6 is 0 Å². The first-order chi connectivity index (χ1) is 8.65. The summed E-state index contributed by atoms with van der Waals surface area (Å²) in [5.41, 5.74) is 11.5. The van der Waals surface area contributed by atoms with Crippen molar-refractivity contribution in [2.24, 2.45) is 17.4 Å². The van der Waals surface area contributed by atoms with E-state index in [-0.39, 0.29) is 0 Å². The first-order valence-corrected chi connectivity index (χ1v) is 6.40. The third-order valence-corrected chi connectivity index (χ3v) is 3.44. The van der Waals surface area contributed by atoms with E-state index in [1.165, 1.54) is 19.0 Å². The van der Waals surface area contributed by atoms with Gasteiger partial charge in [-0.15, -0.1) is 0 Å². The summed E-state index contributed by atoms with van der Waals surface area (Å²) in [5, 5.41) is 3.28. The molecule has 0 bridgehead atoms. The summed E-state index contributed by atoms with van der Waals surface area (Å²) >= 11 is 0. The van der Waals surface area contributed by atoms with Crippen LogP contribution in [0.1, 0.15) is 36.0 Å². The van der Waals surface area contributed by atoms with Crippen molar-refractivity contribution in [2.75, 3.05) is 11.9 Å². The van der Waals surface area contributed by atoms with Gasteiger partial charge in [-0.25, -0.2) is 4.98 Å². The van der Waals surface area contributed by atoms with E-state index in [2.05, 4.69) is 10.3 Å². The van der Waals surface area contributed by atoms with Crippen LogP contribution in [-0.2, 0) is 0 Å². The molecular weight excluding hydrogens is 228 g/mol. The summed E-state index contributed by atoms with van der Waals surface area (Å²) in [7, 11) is 0. The Labute approximate surface area is 107 Å². The van der Waals surface area contributed by atoms with Crippen molar-refractivity contribution in [3.63, 3.8) is 0 Å². The molecular formula is C13H20N4O. The van der Waals surface area contributed by atoms with E-state index in [4.69, 9.17) is 11.5 Å². The molecule has 5 nitrogen and oxygen atoms in total. The second-order valence-corrected chi connectivity index (χ2v) is 4.97. The maximum Gasteiger partial charge on any atom is 0.250 e. The number of hydrogen-bond acceptors (Lipinski definition) is 4. The van der Waals surface area contributed by atoms with E-state index >= 15 is 0 Å². The summed E-state index contributed by atoms with van der Waals surface area (Å²) in [5.74, 6) is 0.942. The lowest BCUT2D eigenvalue weighted by atomic mass is 9.86. The Morgan fingerprint density at radius 3 is 2.89 bits per heavy atom. The molecule has 1 aromatic heterocycles. The first kappa shape index (κ1) is 12.8. The molecule has 1 aliphatic carbocycles. The van der Waals surface area contributed by atoms with Crippen molar-refractivity contribution < 1.29 is 4.79 Å². The summed E-state index contributed by atoms with van der Waals surface area (Å²) in [6.07, 6.45) is 6.15. The van der Waals surface area contributed by atoms with Crippen molar-refractivity contribution in [3.05, 3.63) is 23.9 Å². The maximum atomic E-state index is 10.9. The van der Waals surface area contributed by atoms with E-state index in [0.717, 1.165) is 25.2 Å². The highest BCUT2D eigenvalue weighted by molar-refractivity contribution is 5.92. The summed E-state index contributed by atoms with van der Waals surface area (Å²) in [4.78, 5) is 15.1. The van der Waals surface area contributed by atoms with Crippen LogP contribution in [0.25, 0.3) is 0 Å². The van der Waals surface area contributed by atoms with Crippen LogP contribution in [0, 0.1) is 5.92 Å². The van der Waals surface area contributed by atoms with Gasteiger partial charge in [0.2, 0.25) is 5.91 Å². The molecule has 1 fully saturated rings. The predicted molar refractivity (Wildman–Crippen MR) is 71.2 cm³/mol. The number of anilines is 1. The Morgan fingerprint density at radius 1 is 1.44 bits per heavy atom. The van der Waals surface area contributed by atoms with Gasteiger partial charge in [-0.2, -0.15) is 0 Å². The molecule has 2 rings (SSSR count). The number of hydrogen-bond donors (Lipinski definition) is 3. The van der Waals surface area contributed by atoms with Crippen molar-refractivity contribution in [1.29, 1.82) is 0 Å². The molecule has 98 valence electrons. The van der Waals surface area contributed by atoms with E-state index in [1.54, 1.807) is 12.1 Å². The van der Waals surface area contributed by atoms with Gasteiger partial charge >= 0.3 is 0 Å². The molecule has 18 heavy (non-hydrogen) atoms. The molecule has 2 atom stereocenters. The molecule has 5 heteroatoms. The highest BCUT2D eigenvalue weighted by Crippen LogP contribution is 2.23. The lowest BCUT2D eigenvalue weighted by Crippen LogP contribution is -2.31. The molecule has 0 aliphatic heterocycles. The number of primary amides is 1. The lowest BCUT2D eigenvalue weighted by Gasteiger charge is -2.26. The van der Waals surface area contributed by atoms with E-state index in [9.17, 15) is 4.79 Å². The number of pyridine rings is 1. The van der Waals surface area contributed by atoms with E-state index in [1.807, 2.05) is 0 Å². The first-order valence-electron chi connectivity index (χ1n) is 6.40. The number of nitrogens with one attached hydrogen (secondary N) is 1. The fourth-order valence-electron chi connectivity index (χ4n) is 2.41. The van der Waals surface area contributed by atoms with Crippen LogP contribution in [0.15, 0.2) is 18.3 Å². The number of carbonyl (C=O) groups is 1. The third kappa shape index (κ3) is 3.43. The normalized spacial score (nSPS) is 23.6. The van der Waals surface area contributed by atoms with Gasteiger partial charge in [0.25, 0.3) is 0 Å². The van der Waals surface area contributed by atoms with Crippen LogP contribution in [0.2, 0.25) is 0 Å². The fourth-order valence-corrected chi connectivity index (χ4v) is 2.41. The largest absolute Gasteiger partial charge is 0.370 e. The molecule has 2 unspecified atom stereocenters. The molecule has 5 N–H and O–H groups in total. The Balaban J connectivity index is 1.84. The van der Waals surface area contributed by atoms with Gasteiger partial charge in [-0.05, 0) is 37.3 Å². The second-order valence-electron chi connectivity index (χ2n) is 4.97. The van der Waals surface area contributed by atoms with E-state index in [0.29, 0.717) is 17.5 Å². The third-order valence-electron chi connectivity index (χ3n) is 3.44. The smallest absolute Gasteiger partial charge is 0.250 e. The van der Waals surface area contributed by atoms with Gasteiger partial charge in [0.1, 0.15) is 5.82 Å². The summed E-state index contributed by atoms with van der Waals surface area (Å²) < 4.78 is 0. The molecule has 0 radical (unpaired) electrons. The SMILES string of the molecule is NC(=O)c1ccc(NCC2CCCC(N)C2)nc1. The Kier molecular flexibility index (Phi) is 4.15. The molecule has 0 spiro atoms. The number of carbonyl (C=O) groups excluding carboxylic acids is 1. The van der Waals surface area contributed by atoms with Crippen LogP contribution in [-0.4, -0.2) is 23.5 Å². The molecule has 1 amide bonds. The highest BCUT2D eigenvalue weighted by Gasteiger charge is 2.18. The zero-order chi connectivity index (χ0) is 13.0. The van der Waals surface area contributed by atoms with Crippen LogP contribution < -0.4 is 16.8 Å². The fraction of sp³-hybridized carbons (Fsp3) is 0.538. The molecule has 1 saturated carbocycles. The topological polar surface area (TPSA) is 94.0 Å². The Bertz CT molecular complexity index is 404. The van der Waals surface area contributed by atoms with Crippen molar-refractivity contribution in [3.8, 4) is 0 Å². The standard InChI is InChI=1S/C13H20N4O/c14-11-3-1-2-9(6-11)7-16-12-5-4-10(8-17-12)13(15)18/h4-5,8-9,11H,1-3,6-7,14H2,(H2,15,18)(H,16,17). The maximum absolute atomic E-state index is 10.9. The quantitative estimate of drug-likeness (QED) is 0.744. The van der Waals surface area contributed by atoms with Crippen LogP contribution in [0.4, 0.5) is 5.82 Å². The van der Waals surface area contributed by atoms with Crippen molar-refractivity contribution in [1.82, 2.24) is 4.98 Å². The van der Waals surface area contributed by atoms with E-state index < -0.39 is 5.91 Å². The molecule has 1 heterocycles. The average Bonchev–Trinajstić information content (AvgIpc) is 2.37. The Morgan fingerprint density at radius 2 is 2.28 bits per heavy atom. The van der Waals surface area contributed by atoms with Gasteiger partial charge in [-0.3, -0.25) is 4.79 Å². The van der Waals surface area contributed by atoms with Crippen LogP contribution in [0.3, 0.4) is 0 Å². The van der Waals surface area contributed by atoms with Gasteiger partial charge in [0, 0.05) is 18.8 Å². The number of nitrogens with zero attached hydrogens (tertiary/aromatic N) is 1. The molecule has 1 aliphatic rings.